The van der Waals surface area contributed by atoms with E-state index in [1.54, 1.807) is 12.1 Å². The molecule has 0 aromatic heterocycles. The molecule has 0 aliphatic heterocycles. The maximum absolute atomic E-state index is 12.8. The maximum Gasteiger partial charge on any atom is 0.233 e. The maximum atomic E-state index is 12.8. The fourth-order valence-corrected chi connectivity index (χ4v) is 2.40. The Labute approximate surface area is 140 Å². The molecule has 2 rings (SSSR count). The highest BCUT2D eigenvalue weighted by molar-refractivity contribution is 6.30. The fraction of sp³-hybridized carbons (Fsp3) is 0.278. The van der Waals surface area contributed by atoms with Gasteiger partial charge in [-0.1, -0.05) is 35.9 Å². The standard InChI is InChI=1S/C18H20ClFN2O/c19-16-3-1-2-15(12-16)8-10-21-13-18(23)22-11-9-14-4-6-17(20)7-5-14/h1-7,12,21H,8-11,13H2,(H,22,23). The van der Waals surface area contributed by atoms with Gasteiger partial charge in [0.25, 0.3) is 0 Å². The van der Waals surface area contributed by atoms with E-state index in [1.807, 2.05) is 24.3 Å². The third-order valence-electron chi connectivity index (χ3n) is 3.41. The molecule has 122 valence electrons. The van der Waals surface area contributed by atoms with E-state index in [2.05, 4.69) is 10.6 Å². The van der Waals surface area contributed by atoms with Crippen LogP contribution in [0.2, 0.25) is 5.02 Å². The summed E-state index contributed by atoms with van der Waals surface area (Å²) in [5.41, 5.74) is 2.14. The topological polar surface area (TPSA) is 41.1 Å². The number of carbonyl (C=O) groups is 1. The van der Waals surface area contributed by atoms with Crippen LogP contribution in [-0.2, 0) is 17.6 Å². The summed E-state index contributed by atoms with van der Waals surface area (Å²) in [4.78, 5) is 11.7. The number of carbonyl (C=O) groups excluding carboxylic acids is 1. The second kappa shape index (κ2) is 9.28. The summed E-state index contributed by atoms with van der Waals surface area (Å²) < 4.78 is 12.8. The highest BCUT2D eigenvalue weighted by atomic mass is 35.5. The molecule has 0 radical (unpaired) electrons. The van der Waals surface area contributed by atoms with E-state index in [0.29, 0.717) is 19.5 Å². The highest BCUT2D eigenvalue weighted by Gasteiger charge is 2.01. The molecule has 1 amide bonds. The van der Waals surface area contributed by atoms with Crippen molar-refractivity contribution in [1.29, 1.82) is 0 Å². The lowest BCUT2D eigenvalue weighted by atomic mass is 10.1. The number of hydrogen-bond donors (Lipinski definition) is 2. The van der Waals surface area contributed by atoms with Gasteiger partial charge in [-0.2, -0.15) is 0 Å². The predicted octanol–water partition coefficient (Wildman–Crippen LogP) is 2.97. The molecule has 3 nitrogen and oxygen atoms in total. The van der Waals surface area contributed by atoms with Crippen LogP contribution in [0, 0.1) is 5.82 Å². The number of nitrogens with one attached hydrogen (secondary N) is 2. The summed E-state index contributed by atoms with van der Waals surface area (Å²) >= 11 is 5.92. The molecular formula is C18H20ClFN2O. The Balaban J connectivity index is 1.57. The molecule has 0 saturated carbocycles. The smallest absolute Gasteiger partial charge is 0.233 e. The van der Waals surface area contributed by atoms with E-state index in [0.717, 1.165) is 22.6 Å². The predicted molar refractivity (Wildman–Crippen MR) is 91.1 cm³/mol. The SMILES string of the molecule is O=C(CNCCc1cccc(Cl)c1)NCCc1ccc(F)cc1. The number of hydrogen-bond acceptors (Lipinski definition) is 2. The van der Waals surface area contributed by atoms with Crippen molar-refractivity contribution in [2.75, 3.05) is 19.6 Å². The largest absolute Gasteiger partial charge is 0.355 e. The summed E-state index contributed by atoms with van der Waals surface area (Å²) in [7, 11) is 0. The Kier molecular flexibility index (Phi) is 7.04. The molecule has 0 fully saturated rings. The van der Waals surface area contributed by atoms with Crippen LogP contribution in [0.3, 0.4) is 0 Å². The van der Waals surface area contributed by atoms with Crippen LogP contribution in [-0.4, -0.2) is 25.5 Å². The third-order valence-corrected chi connectivity index (χ3v) is 3.65. The zero-order chi connectivity index (χ0) is 16.5. The van der Waals surface area contributed by atoms with Crippen molar-refractivity contribution in [2.45, 2.75) is 12.8 Å². The van der Waals surface area contributed by atoms with Crippen LogP contribution in [0.4, 0.5) is 4.39 Å². The minimum absolute atomic E-state index is 0.0433. The summed E-state index contributed by atoms with van der Waals surface area (Å²) in [6.07, 6.45) is 1.51. The van der Waals surface area contributed by atoms with E-state index < -0.39 is 0 Å². The average Bonchev–Trinajstić information content (AvgIpc) is 2.54. The van der Waals surface area contributed by atoms with Gasteiger partial charge in [-0.3, -0.25) is 4.79 Å². The van der Waals surface area contributed by atoms with Gasteiger partial charge in [0.05, 0.1) is 6.54 Å². The van der Waals surface area contributed by atoms with E-state index >= 15 is 0 Å². The summed E-state index contributed by atoms with van der Waals surface area (Å²) in [5, 5.41) is 6.66. The minimum atomic E-state index is -0.248. The third kappa shape index (κ3) is 6.80. The Bertz CT molecular complexity index is 631. The van der Waals surface area contributed by atoms with Gasteiger partial charge in [0.15, 0.2) is 0 Å². The molecule has 0 spiro atoms. The molecule has 23 heavy (non-hydrogen) atoms. The normalized spacial score (nSPS) is 10.5. The molecule has 0 unspecified atom stereocenters. The Morgan fingerprint density at radius 1 is 1.00 bits per heavy atom. The van der Waals surface area contributed by atoms with Crippen molar-refractivity contribution in [3.05, 3.63) is 70.5 Å². The Morgan fingerprint density at radius 3 is 2.48 bits per heavy atom. The van der Waals surface area contributed by atoms with Crippen LogP contribution >= 0.6 is 11.6 Å². The molecule has 0 aliphatic rings. The van der Waals surface area contributed by atoms with Crippen molar-refractivity contribution < 1.29 is 9.18 Å². The Hall–Kier alpha value is -1.91. The van der Waals surface area contributed by atoms with Crippen LogP contribution in [0.25, 0.3) is 0 Å². The summed E-state index contributed by atoms with van der Waals surface area (Å²) in [5.74, 6) is -0.292. The molecule has 2 N–H and O–H groups in total. The number of halogens is 2. The van der Waals surface area contributed by atoms with Gasteiger partial charge in [0, 0.05) is 11.6 Å². The van der Waals surface area contributed by atoms with E-state index in [4.69, 9.17) is 11.6 Å². The highest BCUT2D eigenvalue weighted by Crippen LogP contribution is 2.10. The van der Waals surface area contributed by atoms with Crippen LogP contribution < -0.4 is 10.6 Å². The van der Waals surface area contributed by atoms with Gasteiger partial charge in [0.2, 0.25) is 5.91 Å². The van der Waals surface area contributed by atoms with Crippen molar-refractivity contribution >= 4 is 17.5 Å². The molecular weight excluding hydrogens is 315 g/mol. The summed E-state index contributed by atoms with van der Waals surface area (Å²) in [6, 6.07) is 14.0. The number of rotatable bonds is 8. The zero-order valence-electron chi connectivity index (χ0n) is 12.8. The molecule has 0 aliphatic carbocycles. The summed E-state index contributed by atoms with van der Waals surface area (Å²) in [6.45, 7) is 1.54. The van der Waals surface area contributed by atoms with Crippen LogP contribution in [0.5, 0.6) is 0 Å². The first kappa shape index (κ1) is 17.4. The lowest BCUT2D eigenvalue weighted by Crippen LogP contribution is -2.35. The van der Waals surface area contributed by atoms with Crippen molar-refractivity contribution in [2.24, 2.45) is 0 Å². The lowest BCUT2D eigenvalue weighted by molar-refractivity contribution is -0.120. The number of benzene rings is 2. The van der Waals surface area contributed by atoms with Gasteiger partial charge in [-0.25, -0.2) is 4.39 Å². The molecule has 2 aromatic carbocycles. The van der Waals surface area contributed by atoms with Gasteiger partial charge in [-0.05, 0) is 54.8 Å². The number of amides is 1. The first-order valence-corrected chi connectivity index (χ1v) is 7.97. The van der Waals surface area contributed by atoms with Gasteiger partial charge < -0.3 is 10.6 Å². The molecule has 0 heterocycles. The molecule has 5 heteroatoms. The quantitative estimate of drug-likeness (QED) is 0.729. The van der Waals surface area contributed by atoms with Gasteiger partial charge >= 0.3 is 0 Å². The molecule has 0 bridgehead atoms. The first-order chi connectivity index (χ1) is 11.1. The van der Waals surface area contributed by atoms with Crippen molar-refractivity contribution in [3.8, 4) is 0 Å². The minimum Gasteiger partial charge on any atom is -0.355 e. The monoisotopic (exact) mass is 334 g/mol. The van der Waals surface area contributed by atoms with Crippen molar-refractivity contribution in [3.63, 3.8) is 0 Å². The van der Waals surface area contributed by atoms with Gasteiger partial charge in [0.1, 0.15) is 5.82 Å². The average molecular weight is 335 g/mol. The lowest BCUT2D eigenvalue weighted by Gasteiger charge is -2.07. The van der Waals surface area contributed by atoms with E-state index in [1.165, 1.54) is 12.1 Å². The molecule has 0 saturated heterocycles. The second-order valence-corrected chi connectivity index (χ2v) is 5.72. The van der Waals surface area contributed by atoms with Crippen LogP contribution in [0.1, 0.15) is 11.1 Å². The Morgan fingerprint density at radius 2 is 1.74 bits per heavy atom. The van der Waals surface area contributed by atoms with Crippen molar-refractivity contribution in [1.82, 2.24) is 10.6 Å². The molecule has 2 aromatic rings. The fourth-order valence-electron chi connectivity index (χ4n) is 2.19. The van der Waals surface area contributed by atoms with E-state index in [-0.39, 0.29) is 18.3 Å². The zero-order valence-corrected chi connectivity index (χ0v) is 13.6. The van der Waals surface area contributed by atoms with E-state index in [9.17, 15) is 9.18 Å². The first-order valence-electron chi connectivity index (χ1n) is 7.60. The second-order valence-electron chi connectivity index (χ2n) is 5.28. The molecule has 0 atom stereocenters. The van der Waals surface area contributed by atoms with Crippen LogP contribution in [0.15, 0.2) is 48.5 Å². The van der Waals surface area contributed by atoms with Gasteiger partial charge in [-0.15, -0.1) is 0 Å².